The average molecular weight is 426 g/mol. The van der Waals surface area contributed by atoms with Gasteiger partial charge in [0.1, 0.15) is 4.34 Å². The van der Waals surface area contributed by atoms with Crippen LogP contribution in [0.1, 0.15) is 17.3 Å². The maximum atomic E-state index is 12.4. The quantitative estimate of drug-likeness (QED) is 0.485. The molecular formula is C14H8Cl4N2OS2. The van der Waals surface area contributed by atoms with Gasteiger partial charge in [0.05, 0.1) is 30.2 Å². The Kier molecular flexibility index (Phi) is 5.06. The maximum Gasteiger partial charge on any atom is 0.282 e. The first-order valence-corrected chi connectivity index (χ1v) is 9.58. The molecular weight excluding hydrogens is 418 g/mol. The summed E-state index contributed by atoms with van der Waals surface area (Å²) in [7, 11) is 0. The summed E-state index contributed by atoms with van der Waals surface area (Å²) in [6.07, 6.45) is 0. The van der Waals surface area contributed by atoms with Crippen LogP contribution in [0.2, 0.25) is 18.7 Å². The normalized spacial score (nSPS) is 12.3. The molecule has 0 bridgehead atoms. The van der Waals surface area contributed by atoms with Crippen LogP contribution >= 0.6 is 69.1 Å². The topological polar surface area (TPSA) is 34.4 Å². The van der Waals surface area contributed by atoms with Crippen molar-refractivity contribution in [2.75, 3.05) is 0 Å². The minimum absolute atomic E-state index is 0.291. The van der Waals surface area contributed by atoms with E-state index in [0.717, 1.165) is 21.6 Å². The molecule has 0 radical (unpaired) electrons. The van der Waals surface area contributed by atoms with Gasteiger partial charge in [-0.05, 0) is 25.1 Å². The monoisotopic (exact) mass is 424 g/mol. The van der Waals surface area contributed by atoms with E-state index in [2.05, 4.69) is 4.99 Å². The lowest BCUT2D eigenvalue weighted by Gasteiger charge is -2.02. The van der Waals surface area contributed by atoms with Gasteiger partial charge in [0, 0.05) is 6.54 Å². The van der Waals surface area contributed by atoms with Crippen LogP contribution in [0.3, 0.4) is 0 Å². The Labute approximate surface area is 159 Å². The maximum absolute atomic E-state index is 12.4. The molecule has 1 aromatic carbocycles. The lowest BCUT2D eigenvalue weighted by molar-refractivity contribution is 0.0998. The van der Waals surface area contributed by atoms with E-state index < -0.39 is 5.91 Å². The molecule has 0 N–H and O–H groups in total. The number of aryl methyl sites for hydroxylation is 1. The van der Waals surface area contributed by atoms with Gasteiger partial charge in [0.2, 0.25) is 0 Å². The molecule has 0 unspecified atom stereocenters. The summed E-state index contributed by atoms with van der Waals surface area (Å²) in [5, 5.41) is 1.13. The third kappa shape index (κ3) is 3.18. The minimum Gasteiger partial charge on any atom is -0.315 e. The molecule has 0 spiro atoms. The summed E-state index contributed by atoms with van der Waals surface area (Å²) in [6.45, 7) is 2.55. The number of halogens is 4. The van der Waals surface area contributed by atoms with E-state index in [9.17, 15) is 4.79 Å². The molecule has 0 aliphatic heterocycles. The molecule has 23 heavy (non-hydrogen) atoms. The summed E-state index contributed by atoms with van der Waals surface area (Å²) in [6, 6.07) is 4.97. The second-order valence-corrected chi connectivity index (χ2v) is 8.57. The number of carbonyl (C=O) groups excluding carboxylic acids is 1. The molecule has 2 aromatic heterocycles. The van der Waals surface area contributed by atoms with Crippen LogP contribution in [0.5, 0.6) is 0 Å². The molecule has 0 saturated carbocycles. The van der Waals surface area contributed by atoms with Gasteiger partial charge in [-0.25, -0.2) is 0 Å². The van der Waals surface area contributed by atoms with Gasteiger partial charge in [-0.3, -0.25) is 4.79 Å². The van der Waals surface area contributed by atoms with Gasteiger partial charge in [-0.2, -0.15) is 4.99 Å². The molecule has 3 nitrogen and oxygen atoms in total. The summed E-state index contributed by atoms with van der Waals surface area (Å²) >= 11 is 26.8. The highest BCUT2D eigenvalue weighted by Crippen LogP contribution is 2.33. The third-order valence-corrected chi connectivity index (χ3v) is 6.46. The Hall–Kier alpha value is -0.560. The number of nitrogens with zero attached hydrogens (tertiary/aromatic N) is 2. The van der Waals surface area contributed by atoms with Crippen molar-refractivity contribution in [1.82, 2.24) is 4.57 Å². The Bertz CT molecular complexity index is 987. The molecule has 0 saturated heterocycles. The Balaban J connectivity index is 2.23. The molecule has 2 heterocycles. The number of carbonyl (C=O) groups is 1. The summed E-state index contributed by atoms with van der Waals surface area (Å²) < 4.78 is 3.42. The SMILES string of the molecule is CCn1c(=NC(=O)c2cc(Cl)sc2Cl)sc2c(Cl)ccc(Cl)c21. The number of benzene rings is 1. The van der Waals surface area contributed by atoms with Crippen molar-refractivity contribution in [1.29, 1.82) is 0 Å². The Morgan fingerprint density at radius 1 is 1.17 bits per heavy atom. The molecule has 9 heteroatoms. The van der Waals surface area contributed by atoms with Crippen LogP contribution in [0, 0.1) is 0 Å². The van der Waals surface area contributed by atoms with E-state index in [1.165, 1.54) is 17.4 Å². The largest absolute Gasteiger partial charge is 0.315 e. The smallest absolute Gasteiger partial charge is 0.282 e. The van der Waals surface area contributed by atoms with Crippen LogP contribution < -0.4 is 4.80 Å². The minimum atomic E-state index is -0.445. The molecule has 3 aromatic rings. The van der Waals surface area contributed by atoms with Gasteiger partial charge < -0.3 is 4.57 Å². The highest BCUT2D eigenvalue weighted by molar-refractivity contribution is 7.20. The average Bonchev–Trinajstić information content (AvgIpc) is 3.03. The zero-order chi connectivity index (χ0) is 16.7. The van der Waals surface area contributed by atoms with Crippen molar-refractivity contribution in [3.63, 3.8) is 0 Å². The van der Waals surface area contributed by atoms with Crippen molar-refractivity contribution in [3.05, 3.63) is 47.3 Å². The fourth-order valence-electron chi connectivity index (χ4n) is 2.12. The first kappa shape index (κ1) is 17.3. The Morgan fingerprint density at radius 2 is 1.87 bits per heavy atom. The van der Waals surface area contributed by atoms with E-state index in [0.29, 0.717) is 35.6 Å². The summed E-state index contributed by atoms with van der Waals surface area (Å²) in [5.74, 6) is -0.445. The van der Waals surface area contributed by atoms with E-state index in [1.54, 1.807) is 12.1 Å². The first-order chi connectivity index (χ1) is 10.9. The zero-order valence-corrected chi connectivity index (χ0v) is 16.2. The number of aromatic nitrogens is 1. The number of fused-ring (bicyclic) bond motifs is 1. The summed E-state index contributed by atoms with van der Waals surface area (Å²) in [5.41, 5.74) is 1.06. The van der Waals surface area contributed by atoms with Gasteiger partial charge in [0.25, 0.3) is 5.91 Å². The number of hydrogen-bond donors (Lipinski definition) is 0. The predicted octanol–water partition coefficient (Wildman–Crippen LogP) is 6.14. The predicted molar refractivity (Wildman–Crippen MR) is 99.7 cm³/mol. The molecule has 0 fully saturated rings. The highest BCUT2D eigenvalue weighted by Gasteiger charge is 2.16. The van der Waals surface area contributed by atoms with Crippen LogP contribution in [0.4, 0.5) is 0 Å². The second-order valence-electron chi connectivity index (χ2n) is 4.49. The lowest BCUT2D eigenvalue weighted by atomic mass is 10.3. The van der Waals surface area contributed by atoms with Gasteiger partial charge in [-0.1, -0.05) is 57.7 Å². The molecule has 120 valence electrons. The lowest BCUT2D eigenvalue weighted by Crippen LogP contribution is -2.16. The van der Waals surface area contributed by atoms with Crippen molar-refractivity contribution in [2.24, 2.45) is 4.99 Å². The highest BCUT2D eigenvalue weighted by atomic mass is 35.5. The Morgan fingerprint density at radius 3 is 2.48 bits per heavy atom. The number of thiophene rings is 1. The van der Waals surface area contributed by atoms with E-state index in [4.69, 9.17) is 46.4 Å². The number of hydrogen-bond acceptors (Lipinski definition) is 3. The van der Waals surface area contributed by atoms with Crippen molar-refractivity contribution in [3.8, 4) is 0 Å². The third-order valence-electron chi connectivity index (χ3n) is 3.13. The molecule has 0 aliphatic carbocycles. The van der Waals surface area contributed by atoms with Crippen LogP contribution in [-0.2, 0) is 6.54 Å². The van der Waals surface area contributed by atoms with E-state index in [-0.39, 0.29) is 0 Å². The van der Waals surface area contributed by atoms with Crippen molar-refractivity contribution < 1.29 is 4.79 Å². The van der Waals surface area contributed by atoms with Crippen molar-refractivity contribution >= 4 is 85.2 Å². The molecule has 0 aliphatic rings. The van der Waals surface area contributed by atoms with Gasteiger partial charge >= 0.3 is 0 Å². The van der Waals surface area contributed by atoms with Crippen LogP contribution in [0.25, 0.3) is 10.2 Å². The number of amides is 1. The van der Waals surface area contributed by atoms with Crippen molar-refractivity contribution in [2.45, 2.75) is 13.5 Å². The zero-order valence-electron chi connectivity index (χ0n) is 11.6. The van der Waals surface area contributed by atoms with Crippen LogP contribution in [-0.4, -0.2) is 10.5 Å². The standard InChI is InChI=1S/C14H8Cl4N2OS2/c1-2-20-10-7(15)3-4-8(16)11(10)23-14(20)19-13(21)6-5-9(17)22-12(6)18/h3-5H,2H2,1H3. The molecule has 1 amide bonds. The van der Waals surface area contributed by atoms with E-state index in [1.807, 2.05) is 11.5 Å². The number of thiazole rings is 1. The fourth-order valence-corrected chi connectivity index (χ4v) is 5.28. The fraction of sp³-hybridized carbons (Fsp3) is 0.143. The van der Waals surface area contributed by atoms with Gasteiger partial charge in [0.15, 0.2) is 4.80 Å². The van der Waals surface area contributed by atoms with Crippen LogP contribution in [0.15, 0.2) is 23.2 Å². The number of rotatable bonds is 2. The van der Waals surface area contributed by atoms with Gasteiger partial charge in [-0.15, -0.1) is 11.3 Å². The molecule has 0 atom stereocenters. The second kappa shape index (κ2) is 6.75. The van der Waals surface area contributed by atoms with E-state index >= 15 is 0 Å². The molecule has 3 rings (SSSR count). The summed E-state index contributed by atoms with van der Waals surface area (Å²) in [4.78, 5) is 17.1. The first-order valence-electron chi connectivity index (χ1n) is 6.43.